The van der Waals surface area contributed by atoms with Crippen LogP contribution in [0.3, 0.4) is 0 Å². The van der Waals surface area contributed by atoms with E-state index < -0.39 is 8.38 Å². The van der Waals surface area contributed by atoms with Crippen LogP contribution in [-0.4, -0.2) is 0 Å². The lowest BCUT2D eigenvalue weighted by molar-refractivity contribution is 0.465. The Morgan fingerprint density at radius 3 is 0.933 bits per heavy atom. The van der Waals surface area contributed by atoms with Crippen LogP contribution >= 0.6 is 8.38 Å². The standard InChI is InChI=1S/C42H63O2P/c1-37(2,3)28-19-22-34(31(25-28)40(10,11)12)43-45(36-24-21-30(39(7,8)9)27-33(36)42(16,17)18)44-35-23-20-29(38(4,5)6)26-32(35)41(13,14)15/h19-27H,1-18H3. The maximum atomic E-state index is 7.20. The number of hydrogen-bond donors (Lipinski definition) is 0. The molecule has 0 aliphatic rings. The maximum Gasteiger partial charge on any atom is 0.326 e. The van der Waals surface area contributed by atoms with Gasteiger partial charge in [-0.2, -0.15) is 0 Å². The highest BCUT2D eigenvalue weighted by atomic mass is 31.2. The van der Waals surface area contributed by atoms with Gasteiger partial charge in [0.25, 0.3) is 0 Å². The van der Waals surface area contributed by atoms with Crippen LogP contribution in [-0.2, 0) is 32.5 Å². The summed E-state index contributed by atoms with van der Waals surface area (Å²) in [4.78, 5) is 0. The van der Waals surface area contributed by atoms with E-state index in [0.717, 1.165) is 16.8 Å². The molecule has 0 aliphatic carbocycles. The zero-order valence-corrected chi connectivity index (χ0v) is 32.9. The highest BCUT2D eigenvalue weighted by molar-refractivity contribution is 7.56. The molecule has 0 fully saturated rings. The minimum Gasteiger partial charge on any atom is -0.435 e. The highest BCUT2D eigenvalue weighted by Crippen LogP contribution is 2.49. The lowest BCUT2D eigenvalue weighted by atomic mass is 9.80. The third kappa shape index (κ3) is 9.16. The Morgan fingerprint density at radius 1 is 0.356 bits per heavy atom. The first kappa shape index (κ1) is 37.2. The quantitative estimate of drug-likeness (QED) is 0.261. The van der Waals surface area contributed by atoms with Gasteiger partial charge in [-0.25, -0.2) is 0 Å². The van der Waals surface area contributed by atoms with E-state index in [1.807, 2.05) is 0 Å². The van der Waals surface area contributed by atoms with Gasteiger partial charge >= 0.3 is 8.38 Å². The molecule has 3 aromatic carbocycles. The van der Waals surface area contributed by atoms with Crippen molar-refractivity contribution in [2.45, 2.75) is 157 Å². The third-order valence-electron chi connectivity index (χ3n) is 8.54. The zero-order valence-electron chi connectivity index (χ0n) is 32.0. The largest absolute Gasteiger partial charge is 0.435 e. The molecule has 0 aromatic heterocycles. The Bertz CT molecular complexity index is 1410. The summed E-state index contributed by atoms with van der Waals surface area (Å²) in [7, 11) is -1.54. The highest BCUT2D eigenvalue weighted by Gasteiger charge is 2.33. The van der Waals surface area contributed by atoms with Crippen LogP contribution < -0.4 is 14.4 Å². The normalized spacial score (nSPS) is 13.8. The van der Waals surface area contributed by atoms with Gasteiger partial charge in [-0.15, -0.1) is 0 Å². The lowest BCUT2D eigenvalue weighted by Gasteiger charge is -2.33. The van der Waals surface area contributed by atoms with E-state index >= 15 is 0 Å². The fourth-order valence-corrected chi connectivity index (χ4v) is 7.09. The summed E-state index contributed by atoms with van der Waals surface area (Å²) in [6, 6.07) is 20.4. The minimum absolute atomic E-state index is 0.0351. The Balaban J connectivity index is 2.34. The number of rotatable bonds is 5. The van der Waals surface area contributed by atoms with Crippen LogP contribution in [0.25, 0.3) is 0 Å². The Kier molecular flexibility index (Phi) is 10.2. The van der Waals surface area contributed by atoms with Gasteiger partial charge in [-0.3, -0.25) is 0 Å². The summed E-state index contributed by atoms with van der Waals surface area (Å²) in [6.07, 6.45) is 0. The van der Waals surface area contributed by atoms with Crippen molar-refractivity contribution >= 4 is 13.7 Å². The molecule has 0 amide bonds. The second-order valence-corrected chi connectivity index (χ2v) is 20.5. The second kappa shape index (κ2) is 12.4. The summed E-state index contributed by atoms with van der Waals surface area (Å²) in [5.41, 5.74) is 7.42. The third-order valence-corrected chi connectivity index (χ3v) is 10.0. The molecule has 0 atom stereocenters. The summed E-state index contributed by atoms with van der Waals surface area (Å²) in [5, 5.41) is 1.13. The number of benzene rings is 3. The van der Waals surface area contributed by atoms with Gasteiger partial charge in [-0.1, -0.05) is 161 Å². The molecule has 0 aliphatic heterocycles. The van der Waals surface area contributed by atoms with Crippen molar-refractivity contribution in [1.29, 1.82) is 0 Å². The van der Waals surface area contributed by atoms with Gasteiger partial charge < -0.3 is 9.05 Å². The molecule has 3 rings (SSSR count). The van der Waals surface area contributed by atoms with Crippen LogP contribution in [0.15, 0.2) is 54.6 Å². The van der Waals surface area contributed by atoms with Crippen LogP contribution in [0.1, 0.15) is 158 Å². The fourth-order valence-electron chi connectivity index (χ4n) is 5.38. The molecular formula is C42H63O2P. The fraction of sp³-hybridized carbons (Fsp3) is 0.571. The van der Waals surface area contributed by atoms with Crippen LogP contribution in [0, 0.1) is 0 Å². The van der Waals surface area contributed by atoms with Gasteiger partial charge in [0, 0.05) is 11.1 Å². The summed E-state index contributed by atoms with van der Waals surface area (Å²) < 4.78 is 14.4. The van der Waals surface area contributed by atoms with E-state index in [-0.39, 0.29) is 32.5 Å². The van der Waals surface area contributed by atoms with Gasteiger partial charge in [0.1, 0.15) is 11.5 Å². The van der Waals surface area contributed by atoms with E-state index in [9.17, 15) is 0 Å². The average Bonchev–Trinajstić information content (AvgIpc) is 2.84. The average molecular weight is 631 g/mol. The van der Waals surface area contributed by atoms with Crippen molar-refractivity contribution in [3.05, 3.63) is 88.0 Å². The predicted molar refractivity (Wildman–Crippen MR) is 199 cm³/mol. The second-order valence-electron chi connectivity index (χ2n) is 19.1. The van der Waals surface area contributed by atoms with Gasteiger partial charge in [0.05, 0.1) is 5.30 Å². The van der Waals surface area contributed by atoms with Crippen molar-refractivity contribution in [1.82, 2.24) is 0 Å². The molecule has 0 bridgehead atoms. The molecule has 45 heavy (non-hydrogen) atoms. The van der Waals surface area contributed by atoms with Gasteiger partial charge in [0.15, 0.2) is 0 Å². The summed E-state index contributed by atoms with van der Waals surface area (Å²) >= 11 is 0. The Labute approximate surface area is 278 Å². The first-order valence-electron chi connectivity index (χ1n) is 16.7. The molecule has 3 heteroatoms. The van der Waals surface area contributed by atoms with Crippen molar-refractivity contribution in [3.8, 4) is 11.5 Å². The topological polar surface area (TPSA) is 18.5 Å². The molecule has 2 nitrogen and oxygen atoms in total. The van der Waals surface area contributed by atoms with Crippen LogP contribution in [0.4, 0.5) is 0 Å². The molecular weight excluding hydrogens is 567 g/mol. The summed E-state index contributed by atoms with van der Waals surface area (Å²) in [6.45, 7) is 41.0. The molecule has 3 aromatic rings. The first-order valence-corrected chi connectivity index (χ1v) is 17.9. The van der Waals surface area contributed by atoms with E-state index in [2.05, 4.69) is 179 Å². The number of hydrogen-bond acceptors (Lipinski definition) is 2. The molecule has 0 N–H and O–H groups in total. The minimum atomic E-state index is -1.54. The van der Waals surface area contributed by atoms with E-state index in [1.54, 1.807) is 0 Å². The Morgan fingerprint density at radius 2 is 0.644 bits per heavy atom. The molecule has 0 unspecified atom stereocenters. The molecule has 0 spiro atoms. The monoisotopic (exact) mass is 630 g/mol. The lowest BCUT2D eigenvalue weighted by Crippen LogP contribution is -2.27. The van der Waals surface area contributed by atoms with Gasteiger partial charge in [-0.05, 0) is 72.9 Å². The zero-order chi connectivity index (χ0) is 34.6. The van der Waals surface area contributed by atoms with E-state index in [0.29, 0.717) is 0 Å². The maximum absolute atomic E-state index is 7.20. The molecule has 0 radical (unpaired) electrons. The molecule has 0 heterocycles. The van der Waals surface area contributed by atoms with Crippen molar-refractivity contribution in [3.63, 3.8) is 0 Å². The van der Waals surface area contributed by atoms with Crippen molar-refractivity contribution in [2.75, 3.05) is 0 Å². The smallest absolute Gasteiger partial charge is 0.326 e. The van der Waals surface area contributed by atoms with Gasteiger partial charge in [0.2, 0.25) is 0 Å². The van der Waals surface area contributed by atoms with Crippen LogP contribution in [0.2, 0.25) is 0 Å². The van der Waals surface area contributed by atoms with Crippen LogP contribution in [0.5, 0.6) is 11.5 Å². The predicted octanol–water partition coefficient (Wildman–Crippen LogP) is 12.6. The van der Waals surface area contributed by atoms with E-state index in [4.69, 9.17) is 9.05 Å². The Hall–Kier alpha value is -2.31. The van der Waals surface area contributed by atoms with Crippen molar-refractivity contribution in [2.24, 2.45) is 0 Å². The molecule has 0 saturated carbocycles. The van der Waals surface area contributed by atoms with E-state index in [1.165, 1.54) is 33.4 Å². The SMILES string of the molecule is CC(C)(C)c1ccc(OP(Oc2ccc(C(C)(C)C)cc2C(C)(C)C)c2ccc(C(C)(C)C)cc2C(C)(C)C)c(C(C)(C)C)c1. The first-order chi connectivity index (χ1) is 20.1. The summed E-state index contributed by atoms with van der Waals surface area (Å²) in [5.74, 6) is 1.79. The molecule has 248 valence electrons. The molecule has 0 saturated heterocycles. The van der Waals surface area contributed by atoms with Crippen molar-refractivity contribution < 1.29 is 9.05 Å².